The molecule has 0 aliphatic carbocycles. The van der Waals surface area contributed by atoms with E-state index >= 15 is 0 Å². The van der Waals surface area contributed by atoms with E-state index in [1.165, 1.54) is 6.07 Å². The first-order valence-electron chi connectivity index (χ1n) is 8.01. The van der Waals surface area contributed by atoms with E-state index in [9.17, 15) is 9.18 Å². The number of hydrogen-bond acceptors (Lipinski definition) is 2. The molecular formula is C19H23FN2O2. The van der Waals surface area contributed by atoms with E-state index in [2.05, 4.69) is 10.6 Å². The standard InChI is InChI=1S/C19H23FN2O2/c1-3-24-13-17-7-5-4-6-16(17)12-22-19(23)21-11-15-8-9-18(20)14(2)10-15/h4-10H,3,11-13H2,1-2H3,(H2,21,22,23). The number of rotatable bonds is 7. The van der Waals surface area contributed by atoms with Crippen molar-refractivity contribution in [1.29, 1.82) is 0 Å². The second-order valence-electron chi connectivity index (χ2n) is 5.53. The lowest BCUT2D eigenvalue weighted by Crippen LogP contribution is -2.34. The van der Waals surface area contributed by atoms with Crippen LogP contribution in [-0.2, 0) is 24.4 Å². The third kappa shape index (κ3) is 5.35. The van der Waals surface area contributed by atoms with Crippen LogP contribution >= 0.6 is 0 Å². The van der Waals surface area contributed by atoms with E-state index in [4.69, 9.17) is 4.74 Å². The number of ether oxygens (including phenoxy) is 1. The molecule has 0 spiro atoms. The topological polar surface area (TPSA) is 50.4 Å². The molecule has 0 heterocycles. The molecule has 0 aliphatic heterocycles. The van der Waals surface area contributed by atoms with Crippen LogP contribution in [-0.4, -0.2) is 12.6 Å². The van der Waals surface area contributed by atoms with Gasteiger partial charge in [0.1, 0.15) is 5.82 Å². The number of carbonyl (C=O) groups excluding carboxylic acids is 1. The summed E-state index contributed by atoms with van der Waals surface area (Å²) in [4.78, 5) is 11.9. The first-order valence-corrected chi connectivity index (χ1v) is 8.01. The van der Waals surface area contributed by atoms with E-state index in [1.54, 1.807) is 19.1 Å². The number of nitrogens with one attached hydrogen (secondary N) is 2. The zero-order valence-electron chi connectivity index (χ0n) is 14.1. The summed E-state index contributed by atoms with van der Waals surface area (Å²) in [5.74, 6) is -0.242. The minimum atomic E-state index is -0.261. The average Bonchev–Trinajstić information content (AvgIpc) is 2.59. The molecule has 2 N–H and O–H groups in total. The number of hydrogen-bond donors (Lipinski definition) is 2. The average molecular weight is 330 g/mol. The van der Waals surface area contributed by atoms with Crippen LogP contribution in [0.1, 0.15) is 29.2 Å². The van der Waals surface area contributed by atoms with Crippen LogP contribution in [0.4, 0.5) is 9.18 Å². The molecule has 2 rings (SSSR count). The van der Waals surface area contributed by atoms with Gasteiger partial charge in [-0.05, 0) is 42.2 Å². The highest BCUT2D eigenvalue weighted by atomic mass is 19.1. The van der Waals surface area contributed by atoms with Crippen LogP contribution in [0.3, 0.4) is 0 Å². The Labute approximate surface area is 142 Å². The number of amides is 2. The van der Waals surface area contributed by atoms with Gasteiger partial charge in [0, 0.05) is 19.7 Å². The summed E-state index contributed by atoms with van der Waals surface area (Å²) in [6.07, 6.45) is 0. The predicted octanol–water partition coefficient (Wildman–Crippen LogP) is 3.67. The van der Waals surface area contributed by atoms with Gasteiger partial charge in [-0.25, -0.2) is 9.18 Å². The van der Waals surface area contributed by atoms with Gasteiger partial charge in [0.2, 0.25) is 0 Å². The molecular weight excluding hydrogens is 307 g/mol. The van der Waals surface area contributed by atoms with Gasteiger partial charge in [0.15, 0.2) is 0 Å². The molecule has 128 valence electrons. The largest absolute Gasteiger partial charge is 0.377 e. The first-order chi connectivity index (χ1) is 11.6. The second kappa shape index (κ2) is 9.03. The van der Waals surface area contributed by atoms with Crippen molar-refractivity contribution in [3.05, 3.63) is 70.5 Å². The Kier molecular flexibility index (Phi) is 6.75. The number of urea groups is 1. The fourth-order valence-electron chi connectivity index (χ4n) is 2.32. The normalized spacial score (nSPS) is 10.5. The lowest BCUT2D eigenvalue weighted by molar-refractivity contribution is 0.133. The Bertz CT molecular complexity index is 689. The van der Waals surface area contributed by atoms with Crippen LogP contribution < -0.4 is 10.6 Å². The molecule has 24 heavy (non-hydrogen) atoms. The van der Waals surface area contributed by atoms with E-state index in [0.717, 1.165) is 16.7 Å². The van der Waals surface area contributed by atoms with E-state index in [-0.39, 0.29) is 11.8 Å². The molecule has 2 amide bonds. The summed E-state index contributed by atoms with van der Waals surface area (Å²) in [6, 6.07) is 12.4. The molecule has 2 aromatic carbocycles. The quantitative estimate of drug-likeness (QED) is 0.814. The molecule has 0 saturated carbocycles. The fourth-order valence-corrected chi connectivity index (χ4v) is 2.32. The molecule has 0 bridgehead atoms. The summed E-state index contributed by atoms with van der Waals surface area (Å²) < 4.78 is 18.7. The molecule has 0 aromatic heterocycles. The van der Waals surface area contributed by atoms with Crippen LogP contribution in [0.15, 0.2) is 42.5 Å². The highest BCUT2D eigenvalue weighted by Gasteiger charge is 2.05. The van der Waals surface area contributed by atoms with E-state index < -0.39 is 0 Å². The molecule has 4 nitrogen and oxygen atoms in total. The summed E-state index contributed by atoms with van der Waals surface area (Å²) >= 11 is 0. The molecule has 0 fully saturated rings. The number of aryl methyl sites for hydroxylation is 1. The molecule has 5 heteroatoms. The Morgan fingerprint density at radius 1 is 1.08 bits per heavy atom. The predicted molar refractivity (Wildman–Crippen MR) is 92.0 cm³/mol. The maximum absolute atomic E-state index is 13.2. The third-order valence-electron chi connectivity index (χ3n) is 3.69. The number of carbonyl (C=O) groups is 1. The lowest BCUT2D eigenvalue weighted by atomic mass is 10.1. The van der Waals surface area contributed by atoms with Crippen molar-refractivity contribution >= 4 is 6.03 Å². The fraction of sp³-hybridized carbons (Fsp3) is 0.316. The first kappa shape index (κ1) is 17.9. The molecule has 0 unspecified atom stereocenters. The highest BCUT2D eigenvalue weighted by molar-refractivity contribution is 5.73. The van der Waals surface area contributed by atoms with Crippen LogP contribution in [0.5, 0.6) is 0 Å². The maximum Gasteiger partial charge on any atom is 0.315 e. The van der Waals surface area contributed by atoms with Crippen LogP contribution in [0, 0.1) is 12.7 Å². The minimum absolute atomic E-state index is 0.242. The van der Waals surface area contributed by atoms with Gasteiger partial charge < -0.3 is 15.4 Å². The molecule has 0 aliphatic rings. The Morgan fingerprint density at radius 3 is 2.50 bits per heavy atom. The molecule has 0 atom stereocenters. The second-order valence-corrected chi connectivity index (χ2v) is 5.53. The Balaban J connectivity index is 1.84. The van der Waals surface area contributed by atoms with Crippen molar-refractivity contribution in [3.8, 4) is 0 Å². The van der Waals surface area contributed by atoms with Crippen LogP contribution in [0.25, 0.3) is 0 Å². The summed E-state index contributed by atoms with van der Waals surface area (Å²) in [6.45, 7) is 5.62. The van der Waals surface area contributed by atoms with Crippen LogP contribution in [0.2, 0.25) is 0 Å². The zero-order chi connectivity index (χ0) is 17.4. The number of benzene rings is 2. The van der Waals surface area contributed by atoms with Crippen molar-refractivity contribution in [1.82, 2.24) is 10.6 Å². The third-order valence-corrected chi connectivity index (χ3v) is 3.69. The van der Waals surface area contributed by atoms with Crippen molar-refractivity contribution < 1.29 is 13.9 Å². The monoisotopic (exact) mass is 330 g/mol. The van der Waals surface area contributed by atoms with Gasteiger partial charge >= 0.3 is 6.03 Å². The van der Waals surface area contributed by atoms with E-state index in [0.29, 0.717) is 31.9 Å². The maximum atomic E-state index is 13.2. The highest BCUT2D eigenvalue weighted by Crippen LogP contribution is 2.10. The molecule has 2 aromatic rings. The Hall–Kier alpha value is -2.40. The lowest BCUT2D eigenvalue weighted by Gasteiger charge is -2.12. The van der Waals surface area contributed by atoms with Crippen molar-refractivity contribution in [2.75, 3.05) is 6.61 Å². The van der Waals surface area contributed by atoms with Crippen molar-refractivity contribution in [2.24, 2.45) is 0 Å². The Morgan fingerprint density at radius 2 is 1.79 bits per heavy atom. The van der Waals surface area contributed by atoms with Gasteiger partial charge in [-0.1, -0.05) is 36.4 Å². The van der Waals surface area contributed by atoms with Gasteiger partial charge in [0.05, 0.1) is 6.61 Å². The zero-order valence-corrected chi connectivity index (χ0v) is 14.1. The van der Waals surface area contributed by atoms with Crippen molar-refractivity contribution in [3.63, 3.8) is 0 Å². The van der Waals surface area contributed by atoms with Gasteiger partial charge in [-0.3, -0.25) is 0 Å². The molecule has 0 saturated heterocycles. The van der Waals surface area contributed by atoms with E-state index in [1.807, 2.05) is 31.2 Å². The van der Waals surface area contributed by atoms with Gasteiger partial charge in [-0.15, -0.1) is 0 Å². The van der Waals surface area contributed by atoms with Crippen molar-refractivity contribution in [2.45, 2.75) is 33.5 Å². The smallest absolute Gasteiger partial charge is 0.315 e. The van der Waals surface area contributed by atoms with Gasteiger partial charge in [0.25, 0.3) is 0 Å². The molecule has 0 radical (unpaired) electrons. The SMILES string of the molecule is CCOCc1ccccc1CNC(=O)NCc1ccc(F)c(C)c1. The minimum Gasteiger partial charge on any atom is -0.377 e. The summed E-state index contributed by atoms with van der Waals surface area (Å²) in [7, 11) is 0. The van der Waals surface area contributed by atoms with Gasteiger partial charge in [-0.2, -0.15) is 0 Å². The summed E-state index contributed by atoms with van der Waals surface area (Å²) in [5.41, 5.74) is 3.52. The number of halogens is 1. The summed E-state index contributed by atoms with van der Waals surface area (Å²) in [5, 5.41) is 5.61.